The van der Waals surface area contributed by atoms with Gasteiger partial charge in [0.05, 0.1) is 19.3 Å². The van der Waals surface area contributed by atoms with Crippen molar-refractivity contribution in [2.75, 3.05) is 20.3 Å². The van der Waals surface area contributed by atoms with Crippen molar-refractivity contribution in [1.29, 1.82) is 0 Å². The van der Waals surface area contributed by atoms with E-state index in [4.69, 9.17) is 9.47 Å². The molecule has 0 spiro atoms. The Kier molecular flexibility index (Phi) is 5.53. The van der Waals surface area contributed by atoms with Gasteiger partial charge in [-0.05, 0) is 25.3 Å². The Bertz CT molecular complexity index is 458. The minimum absolute atomic E-state index is 0.0444. The van der Waals surface area contributed by atoms with E-state index in [2.05, 4.69) is 12.2 Å². The molecule has 1 heterocycles. The molecule has 1 aliphatic heterocycles. The van der Waals surface area contributed by atoms with Crippen LogP contribution in [-0.2, 0) is 4.74 Å². The predicted octanol–water partition coefficient (Wildman–Crippen LogP) is 3.44. The van der Waals surface area contributed by atoms with Crippen molar-refractivity contribution in [3.05, 3.63) is 29.3 Å². The van der Waals surface area contributed by atoms with Crippen LogP contribution in [0, 0.1) is 17.6 Å². The molecule has 1 aromatic rings. The molecular weight excluding hydrogens is 276 g/mol. The number of rotatable bonds is 6. The van der Waals surface area contributed by atoms with E-state index in [1.807, 2.05) is 6.92 Å². The van der Waals surface area contributed by atoms with E-state index in [0.29, 0.717) is 13.2 Å². The second kappa shape index (κ2) is 7.18. The van der Waals surface area contributed by atoms with Crippen LogP contribution >= 0.6 is 0 Å². The SMILES string of the molecule is CCCNC(c1c(F)cc(OC)cc1F)C1OCCC1C. The van der Waals surface area contributed by atoms with Crippen molar-refractivity contribution in [2.45, 2.75) is 38.8 Å². The van der Waals surface area contributed by atoms with Crippen molar-refractivity contribution >= 4 is 0 Å². The molecule has 118 valence electrons. The second-order valence-corrected chi connectivity index (χ2v) is 5.54. The standard InChI is InChI=1S/C16H23F2NO2/c1-4-6-19-15(16-10(2)5-7-21-16)14-12(17)8-11(20-3)9-13(14)18/h8-10,15-16,19H,4-7H2,1-3H3. The summed E-state index contributed by atoms with van der Waals surface area (Å²) in [7, 11) is 1.39. The van der Waals surface area contributed by atoms with Crippen molar-refractivity contribution in [2.24, 2.45) is 5.92 Å². The van der Waals surface area contributed by atoms with E-state index in [1.54, 1.807) is 0 Å². The lowest BCUT2D eigenvalue weighted by Crippen LogP contribution is -2.36. The number of ether oxygens (including phenoxy) is 2. The van der Waals surface area contributed by atoms with Crippen LogP contribution in [0.3, 0.4) is 0 Å². The molecule has 3 nitrogen and oxygen atoms in total. The monoisotopic (exact) mass is 299 g/mol. The highest BCUT2D eigenvalue weighted by atomic mass is 19.1. The van der Waals surface area contributed by atoms with Gasteiger partial charge in [-0.1, -0.05) is 13.8 Å². The topological polar surface area (TPSA) is 30.5 Å². The fraction of sp³-hybridized carbons (Fsp3) is 0.625. The fourth-order valence-electron chi connectivity index (χ4n) is 2.80. The van der Waals surface area contributed by atoms with Gasteiger partial charge in [-0.25, -0.2) is 8.78 Å². The second-order valence-electron chi connectivity index (χ2n) is 5.54. The number of methoxy groups -OCH3 is 1. The maximum absolute atomic E-state index is 14.3. The van der Waals surface area contributed by atoms with Gasteiger partial charge in [0.15, 0.2) is 0 Å². The summed E-state index contributed by atoms with van der Waals surface area (Å²) in [5, 5.41) is 3.23. The summed E-state index contributed by atoms with van der Waals surface area (Å²) >= 11 is 0. The van der Waals surface area contributed by atoms with Gasteiger partial charge in [0, 0.05) is 24.3 Å². The number of halogens is 2. The summed E-state index contributed by atoms with van der Waals surface area (Å²) in [6.45, 7) is 5.39. The molecular formula is C16H23F2NO2. The number of hydrogen-bond donors (Lipinski definition) is 1. The van der Waals surface area contributed by atoms with E-state index in [-0.39, 0.29) is 23.3 Å². The molecule has 0 bridgehead atoms. The Morgan fingerprint density at radius 2 is 2.05 bits per heavy atom. The van der Waals surface area contributed by atoms with E-state index in [1.165, 1.54) is 19.2 Å². The Labute approximate surface area is 124 Å². The average Bonchev–Trinajstić information content (AvgIpc) is 2.87. The van der Waals surface area contributed by atoms with Crippen molar-refractivity contribution in [1.82, 2.24) is 5.32 Å². The molecule has 0 amide bonds. The molecule has 5 heteroatoms. The first-order valence-electron chi connectivity index (χ1n) is 7.46. The molecule has 3 unspecified atom stereocenters. The van der Waals surface area contributed by atoms with Gasteiger partial charge in [0.2, 0.25) is 0 Å². The molecule has 0 radical (unpaired) electrons. The zero-order valence-corrected chi connectivity index (χ0v) is 12.8. The molecule has 1 fully saturated rings. The van der Waals surface area contributed by atoms with Crippen molar-refractivity contribution in [3.8, 4) is 5.75 Å². The molecule has 1 saturated heterocycles. The van der Waals surface area contributed by atoms with Gasteiger partial charge in [-0.3, -0.25) is 0 Å². The van der Waals surface area contributed by atoms with Crippen LogP contribution in [0.5, 0.6) is 5.75 Å². The molecule has 1 N–H and O–H groups in total. The van der Waals surface area contributed by atoms with Crippen molar-refractivity contribution in [3.63, 3.8) is 0 Å². The van der Waals surface area contributed by atoms with Crippen LogP contribution < -0.4 is 10.1 Å². The van der Waals surface area contributed by atoms with Crippen LogP contribution in [0.1, 0.15) is 38.3 Å². The van der Waals surface area contributed by atoms with Gasteiger partial charge in [-0.15, -0.1) is 0 Å². The smallest absolute Gasteiger partial charge is 0.134 e. The first-order valence-corrected chi connectivity index (χ1v) is 7.46. The Morgan fingerprint density at radius 3 is 2.52 bits per heavy atom. The lowest BCUT2D eigenvalue weighted by atomic mass is 9.91. The molecule has 0 aromatic heterocycles. The molecule has 0 saturated carbocycles. The van der Waals surface area contributed by atoms with Crippen LogP contribution in [0.2, 0.25) is 0 Å². The van der Waals surface area contributed by atoms with Crippen LogP contribution in [0.4, 0.5) is 8.78 Å². The average molecular weight is 299 g/mol. The summed E-state index contributed by atoms with van der Waals surface area (Å²) in [6, 6.07) is 1.96. The van der Waals surface area contributed by atoms with Crippen LogP contribution in [0.15, 0.2) is 12.1 Å². The van der Waals surface area contributed by atoms with E-state index in [9.17, 15) is 8.78 Å². The van der Waals surface area contributed by atoms with Gasteiger partial charge < -0.3 is 14.8 Å². The number of nitrogens with one attached hydrogen (secondary N) is 1. The third-order valence-corrected chi connectivity index (χ3v) is 3.99. The van der Waals surface area contributed by atoms with Gasteiger partial charge in [0.25, 0.3) is 0 Å². The largest absolute Gasteiger partial charge is 0.497 e. The molecule has 1 aromatic carbocycles. The lowest BCUT2D eigenvalue weighted by Gasteiger charge is -2.28. The van der Waals surface area contributed by atoms with E-state index < -0.39 is 17.7 Å². The maximum atomic E-state index is 14.3. The highest BCUT2D eigenvalue weighted by Gasteiger charge is 2.35. The minimum atomic E-state index is -0.594. The summed E-state index contributed by atoms with van der Waals surface area (Å²) in [6.07, 6.45) is 1.58. The van der Waals surface area contributed by atoms with Gasteiger partial charge in [0.1, 0.15) is 17.4 Å². The normalized spacial score (nSPS) is 23.3. The van der Waals surface area contributed by atoms with Gasteiger partial charge in [-0.2, -0.15) is 0 Å². The zero-order valence-electron chi connectivity index (χ0n) is 12.8. The Hall–Kier alpha value is -1.20. The summed E-state index contributed by atoms with van der Waals surface area (Å²) in [5.74, 6) is -0.741. The van der Waals surface area contributed by atoms with Crippen molar-refractivity contribution < 1.29 is 18.3 Å². The first kappa shape index (κ1) is 16.2. The first-order chi connectivity index (χ1) is 10.1. The number of benzene rings is 1. The Balaban J connectivity index is 2.36. The van der Waals surface area contributed by atoms with E-state index in [0.717, 1.165) is 12.8 Å². The Morgan fingerprint density at radius 1 is 1.38 bits per heavy atom. The summed E-state index contributed by atoms with van der Waals surface area (Å²) < 4.78 is 39.3. The highest BCUT2D eigenvalue weighted by molar-refractivity contribution is 5.33. The van der Waals surface area contributed by atoms with Crippen LogP contribution in [0.25, 0.3) is 0 Å². The minimum Gasteiger partial charge on any atom is -0.497 e. The molecule has 2 rings (SSSR count). The fourth-order valence-corrected chi connectivity index (χ4v) is 2.80. The van der Waals surface area contributed by atoms with E-state index >= 15 is 0 Å². The molecule has 21 heavy (non-hydrogen) atoms. The predicted molar refractivity (Wildman–Crippen MR) is 77.5 cm³/mol. The third-order valence-electron chi connectivity index (χ3n) is 3.99. The summed E-state index contributed by atoms with van der Waals surface area (Å²) in [4.78, 5) is 0. The van der Waals surface area contributed by atoms with Gasteiger partial charge >= 0.3 is 0 Å². The molecule has 1 aliphatic rings. The summed E-state index contributed by atoms with van der Waals surface area (Å²) in [5.41, 5.74) is 0.0444. The lowest BCUT2D eigenvalue weighted by molar-refractivity contribution is 0.0583. The quantitative estimate of drug-likeness (QED) is 0.873. The molecule has 0 aliphatic carbocycles. The maximum Gasteiger partial charge on any atom is 0.134 e. The number of hydrogen-bond acceptors (Lipinski definition) is 3. The van der Waals surface area contributed by atoms with Crippen LogP contribution in [-0.4, -0.2) is 26.4 Å². The zero-order chi connectivity index (χ0) is 15.4. The highest BCUT2D eigenvalue weighted by Crippen LogP contribution is 2.35. The molecule has 3 atom stereocenters. The third kappa shape index (κ3) is 3.52.